The fraction of sp³-hybridized carbons (Fsp3) is 0.100. The normalized spacial score (nSPS) is 9.06. The molecule has 0 atom stereocenters. The Morgan fingerprint density at radius 2 is 1.88 bits per heavy atom. The lowest BCUT2D eigenvalue weighted by atomic mass is 10.5. The van der Waals surface area contributed by atoms with Gasteiger partial charge in [-0.25, -0.2) is 9.97 Å². The molecule has 16 heavy (non-hydrogen) atoms. The van der Waals surface area contributed by atoms with Gasteiger partial charge in [-0.1, -0.05) is 0 Å². The average Bonchev–Trinajstić information content (AvgIpc) is 2.34. The van der Waals surface area contributed by atoms with Gasteiger partial charge >= 0.3 is 0 Å². The highest BCUT2D eigenvalue weighted by molar-refractivity contribution is 5.24. The topological polar surface area (TPSA) is 84.5 Å². The zero-order valence-corrected chi connectivity index (χ0v) is 8.79. The van der Waals surface area contributed by atoms with Gasteiger partial charge in [-0.15, -0.1) is 0 Å². The maximum Gasteiger partial charge on any atom is 0.273 e. The van der Waals surface area contributed by atoms with Gasteiger partial charge in [0.25, 0.3) is 5.56 Å². The zero-order valence-electron chi connectivity index (χ0n) is 8.79. The molecule has 2 heterocycles. The van der Waals surface area contributed by atoms with Crippen LogP contribution < -0.4 is 5.56 Å². The molecule has 0 aliphatic heterocycles. The lowest BCUT2D eigenvalue weighted by molar-refractivity contribution is 0.918. The lowest BCUT2D eigenvalue weighted by Crippen LogP contribution is -2.17. The van der Waals surface area contributed by atoms with Gasteiger partial charge in [-0.3, -0.25) is 14.3 Å². The molecule has 2 aromatic heterocycles. The molecular formula is C10H11N5O. The van der Waals surface area contributed by atoms with Crippen LogP contribution in [0.2, 0.25) is 0 Å². The van der Waals surface area contributed by atoms with Gasteiger partial charge in [0.1, 0.15) is 5.82 Å². The van der Waals surface area contributed by atoms with Gasteiger partial charge in [0.15, 0.2) is 0 Å². The summed E-state index contributed by atoms with van der Waals surface area (Å²) >= 11 is 0. The minimum absolute atomic E-state index is 0.194. The Balaban J connectivity index is 0.000000606. The predicted molar refractivity (Wildman–Crippen MR) is 60.0 cm³/mol. The maximum absolute atomic E-state index is 11.3. The van der Waals surface area contributed by atoms with E-state index in [1.54, 1.807) is 31.7 Å². The Morgan fingerprint density at radius 3 is 2.44 bits per heavy atom. The number of rotatable bonds is 1. The van der Waals surface area contributed by atoms with E-state index in [2.05, 4.69) is 21.7 Å². The van der Waals surface area contributed by atoms with Crippen LogP contribution in [0.3, 0.4) is 0 Å². The third-order valence-corrected chi connectivity index (χ3v) is 1.77. The summed E-state index contributed by atoms with van der Waals surface area (Å²) in [5.74, 6) is 0.677. The van der Waals surface area contributed by atoms with Crippen LogP contribution in [0.5, 0.6) is 0 Å². The van der Waals surface area contributed by atoms with Gasteiger partial charge < -0.3 is 5.41 Å². The summed E-state index contributed by atoms with van der Waals surface area (Å²) in [5.41, 5.74) is 0.447. The number of hydrogen-bond donors (Lipinski definition) is 1. The van der Waals surface area contributed by atoms with Gasteiger partial charge in [0, 0.05) is 12.4 Å². The van der Waals surface area contributed by atoms with Crippen molar-refractivity contribution in [1.29, 1.82) is 5.41 Å². The molecule has 0 aromatic carbocycles. The molecule has 0 bridgehead atoms. The molecular weight excluding hydrogens is 206 g/mol. The Morgan fingerprint density at radius 1 is 1.25 bits per heavy atom. The molecule has 0 aliphatic rings. The van der Waals surface area contributed by atoms with Crippen LogP contribution in [0.15, 0.2) is 35.8 Å². The predicted octanol–water partition coefficient (Wildman–Crippen LogP) is 0.597. The van der Waals surface area contributed by atoms with Crippen LogP contribution in [0.25, 0.3) is 5.69 Å². The summed E-state index contributed by atoms with van der Waals surface area (Å²) in [6.45, 7) is 4.29. The fourth-order valence-corrected chi connectivity index (χ4v) is 1.07. The first-order valence-corrected chi connectivity index (χ1v) is 4.44. The highest BCUT2D eigenvalue weighted by Crippen LogP contribution is 1.99. The SMILES string of the molecule is C=N.Cc1ncc(-n2ccncc2=O)cn1. The Bertz CT molecular complexity index is 505. The van der Waals surface area contributed by atoms with Gasteiger partial charge in [0.2, 0.25) is 0 Å². The second-order valence-corrected chi connectivity index (χ2v) is 2.77. The fourth-order valence-electron chi connectivity index (χ4n) is 1.07. The van der Waals surface area contributed by atoms with E-state index in [1.807, 2.05) is 0 Å². The van der Waals surface area contributed by atoms with E-state index in [-0.39, 0.29) is 5.56 Å². The number of aromatic nitrogens is 4. The number of nitrogens with zero attached hydrogens (tertiary/aromatic N) is 4. The van der Waals surface area contributed by atoms with Crippen molar-refractivity contribution in [2.45, 2.75) is 6.92 Å². The summed E-state index contributed by atoms with van der Waals surface area (Å²) in [7, 11) is 0. The van der Waals surface area contributed by atoms with Crippen LogP contribution in [0, 0.1) is 12.3 Å². The number of nitrogens with one attached hydrogen (secondary N) is 1. The second-order valence-electron chi connectivity index (χ2n) is 2.77. The molecule has 0 unspecified atom stereocenters. The van der Waals surface area contributed by atoms with Crippen molar-refractivity contribution in [2.75, 3.05) is 0 Å². The molecule has 2 rings (SSSR count). The number of aryl methyl sites for hydroxylation is 1. The van der Waals surface area contributed by atoms with Gasteiger partial charge in [-0.2, -0.15) is 0 Å². The summed E-state index contributed by atoms with van der Waals surface area (Å²) < 4.78 is 1.44. The van der Waals surface area contributed by atoms with Crippen molar-refractivity contribution in [3.63, 3.8) is 0 Å². The third kappa shape index (κ3) is 2.57. The van der Waals surface area contributed by atoms with E-state index >= 15 is 0 Å². The molecule has 0 aliphatic carbocycles. The van der Waals surface area contributed by atoms with E-state index in [1.165, 1.54) is 10.8 Å². The van der Waals surface area contributed by atoms with E-state index in [0.717, 1.165) is 0 Å². The molecule has 0 saturated carbocycles. The molecule has 0 radical (unpaired) electrons. The van der Waals surface area contributed by atoms with Crippen molar-refractivity contribution in [3.8, 4) is 5.69 Å². The molecule has 2 aromatic rings. The minimum Gasteiger partial charge on any atom is -0.317 e. The molecule has 1 N–H and O–H groups in total. The molecule has 6 heteroatoms. The zero-order chi connectivity index (χ0) is 12.0. The second kappa shape index (κ2) is 5.50. The summed E-state index contributed by atoms with van der Waals surface area (Å²) in [6.07, 6.45) is 7.57. The van der Waals surface area contributed by atoms with Crippen LogP contribution >= 0.6 is 0 Å². The highest BCUT2D eigenvalue weighted by Gasteiger charge is 1.98. The maximum atomic E-state index is 11.3. The van der Waals surface area contributed by atoms with Crippen molar-refractivity contribution < 1.29 is 0 Å². The van der Waals surface area contributed by atoms with Gasteiger partial charge in [-0.05, 0) is 13.6 Å². The average molecular weight is 217 g/mol. The van der Waals surface area contributed by atoms with Crippen LogP contribution in [-0.2, 0) is 0 Å². The summed E-state index contributed by atoms with van der Waals surface area (Å²) in [5, 5.41) is 5.50. The summed E-state index contributed by atoms with van der Waals surface area (Å²) in [4.78, 5) is 23.1. The van der Waals surface area contributed by atoms with Crippen molar-refractivity contribution >= 4 is 6.72 Å². The molecule has 82 valence electrons. The molecule has 6 nitrogen and oxygen atoms in total. The van der Waals surface area contributed by atoms with Crippen LogP contribution in [0.4, 0.5) is 0 Å². The molecule has 0 fully saturated rings. The van der Waals surface area contributed by atoms with Crippen LogP contribution in [-0.4, -0.2) is 26.2 Å². The third-order valence-electron chi connectivity index (χ3n) is 1.77. The first-order valence-electron chi connectivity index (χ1n) is 4.44. The number of hydrogen-bond acceptors (Lipinski definition) is 5. The van der Waals surface area contributed by atoms with E-state index in [9.17, 15) is 4.79 Å². The van der Waals surface area contributed by atoms with Crippen LogP contribution in [0.1, 0.15) is 5.82 Å². The highest BCUT2D eigenvalue weighted by atomic mass is 16.1. The Labute approximate surface area is 92.2 Å². The smallest absolute Gasteiger partial charge is 0.273 e. The summed E-state index contributed by atoms with van der Waals surface area (Å²) in [6, 6.07) is 0. The Hall–Kier alpha value is -2.37. The first kappa shape index (κ1) is 11.7. The molecule has 0 spiro atoms. The quantitative estimate of drug-likeness (QED) is 0.709. The van der Waals surface area contributed by atoms with Gasteiger partial charge in [0.05, 0.1) is 24.3 Å². The van der Waals surface area contributed by atoms with Crippen molar-refractivity contribution in [2.24, 2.45) is 0 Å². The molecule has 0 amide bonds. The van der Waals surface area contributed by atoms with Crippen molar-refractivity contribution in [1.82, 2.24) is 19.5 Å². The largest absolute Gasteiger partial charge is 0.317 e. The van der Waals surface area contributed by atoms with Crippen molar-refractivity contribution in [3.05, 3.63) is 47.2 Å². The Kier molecular flexibility index (Phi) is 4.02. The lowest BCUT2D eigenvalue weighted by Gasteiger charge is -2.02. The van der Waals surface area contributed by atoms with E-state index in [0.29, 0.717) is 11.5 Å². The first-order chi connectivity index (χ1) is 7.77. The van der Waals surface area contributed by atoms with E-state index < -0.39 is 0 Å². The van der Waals surface area contributed by atoms with E-state index in [4.69, 9.17) is 5.41 Å². The monoisotopic (exact) mass is 217 g/mol. The minimum atomic E-state index is -0.194. The standard InChI is InChI=1S/C9H8N4O.CH3N/c1-7-11-4-8(5-12-7)13-3-2-10-6-9(13)14;1-2/h2-6H,1H3;2H,1H2. The molecule has 0 saturated heterocycles.